The van der Waals surface area contributed by atoms with Crippen molar-refractivity contribution in [2.45, 2.75) is 32.2 Å². The largest absolute Gasteiger partial charge is 0.397 e. The Kier molecular flexibility index (Phi) is 5.28. The zero-order valence-corrected chi connectivity index (χ0v) is 15.9. The zero-order chi connectivity index (χ0) is 17.1. The summed E-state index contributed by atoms with van der Waals surface area (Å²) < 4.78 is 1.04. The van der Waals surface area contributed by atoms with Crippen molar-refractivity contribution >= 4 is 45.6 Å². The van der Waals surface area contributed by atoms with E-state index in [1.165, 1.54) is 19.3 Å². The van der Waals surface area contributed by atoms with Crippen molar-refractivity contribution in [2.24, 2.45) is 0 Å². The molecule has 0 saturated carbocycles. The number of nitrogens with one attached hydrogen (secondary N) is 1. The first-order valence-corrected chi connectivity index (χ1v) is 9.35. The lowest BCUT2D eigenvalue weighted by atomic mass is 10.0. The monoisotopic (exact) mass is 435 g/mol. The molecule has 0 aliphatic carbocycles. The molecule has 3 N–H and O–H groups in total. The second kappa shape index (κ2) is 7.42. The maximum atomic E-state index is 12.4. The first kappa shape index (κ1) is 17.1. The van der Waals surface area contributed by atoms with E-state index < -0.39 is 0 Å². The second-order valence-electron chi connectivity index (χ2n) is 6.28. The highest BCUT2D eigenvalue weighted by atomic mass is 127. The van der Waals surface area contributed by atoms with Gasteiger partial charge in [0.1, 0.15) is 0 Å². The van der Waals surface area contributed by atoms with Crippen molar-refractivity contribution in [3.8, 4) is 0 Å². The third-order valence-electron chi connectivity index (χ3n) is 4.48. The summed E-state index contributed by atoms with van der Waals surface area (Å²) in [5, 5.41) is 2.93. The highest BCUT2D eigenvalue weighted by molar-refractivity contribution is 14.1. The number of nitrogens with zero attached hydrogens (tertiary/aromatic N) is 1. The summed E-state index contributed by atoms with van der Waals surface area (Å²) in [7, 11) is 0. The molecule has 1 heterocycles. The van der Waals surface area contributed by atoms with Gasteiger partial charge in [-0.2, -0.15) is 0 Å². The highest BCUT2D eigenvalue weighted by Gasteiger charge is 2.20. The average molecular weight is 435 g/mol. The van der Waals surface area contributed by atoms with Gasteiger partial charge in [0.05, 0.1) is 11.4 Å². The van der Waals surface area contributed by atoms with Crippen molar-refractivity contribution in [1.82, 2.24) is 0 Å². The Morgan fingerprint density at radius 3 is 2.79 bits per heavy atom. The first-order chi connectivity index (χ1) is 11.5. The van der Waals surface area contributed by atoms with Crippen LogP contribution in [0.1, 0.15) is 36.5 Å². The molecule has 0 aromatic heterocycles. The molecule has 1 aliphatic heterocycles. The molecule has 5 heteroatoms. The number of benzene rings is 2. The Labute approximate surface area is 156 Å². The summed E-state index contributed by atoms with van der Waals surface area (Å²) in [5.41, 5.74) is 9.41. The van der Waals surface area contributed by atoms with Crippen molar-refractivity contribution < 1.29 is 4.79 Å². The van der Waals surface area contributed by atoms with E-state index in [1.807, 2.05) is 42.5 Å². The van der Waals surface area contributed by atoms with Gasteiger partial charge in [-0.1, -0.05) is 6.07 Å². The van der Waals surface area contributed by atoms with E-state index in [0.717, 1.165) is 21.5 Å². The fourth-order valence-electron chi connectivity index (χ4n) is 3.18. The molecular formula is C19H22IN3O. The van der Waals surface area contributed by atoms with Crippen LogP contribution in [0.2, 0.25) is 0 Å². The molecule has 126 valence electrons. The van der Waals surface area contributed by atoms with Gasteiger partial charge < -0.3 is 16.0 Å². The molecule has 2 aromatic rings. The molecule has 4 nitrogen and oxygen atoms in total. The number of amides is 1. The Morgan fingerprint density at radius 1 is 1.25 bits per heavy atom. The standard InChI is InChI=1S/C19H22IN3O/c1-13-5-2-3-10-23(13)18-9-8-16(12-17(18)21)22-19(24)14-6-4-7-15(20)11-14/h4,6-9,11-13H,2-3,5,10,21H2,1H3,(H,22,24)/t13-/m0/s1. The van der Waals surface area contributed by atoms with Crippen molar-refractivity contribution in [3.05, 3.63) is 51.6 Å². The van der Waals surface area contributed by atoms with Crippen LogP contribution >= 0.6 is 22.6 Å². The summed E-state index contributed by atoms with van der Waals surface area (Å²) in [5.74, 6) is -0.119. The molecule has 0 spiro atoms. The lowest BCUT2D eigenvalue weighted by Gasteiger charge is -2.36. The number of nitrogen functional groups attached to an aromatic ring is 1. The maximum absolute atomic E-state index is 12.4. The SMILES string of the molecule is C[C@H]1CCCCN1c1ccc(NC(=O)c2cccc(I)c2)cc1N. The molecule has 1 aliphatic rings. The van der Waals surface area contributed by atoms with Gasteiger partial charge in [-0.3, -0.25) is 4.79 Å². The predicted octanol–water partition coefficient (Wildman–Crippen LogP) is 4.50. The predicted molar refractivity (Wildman–Crippen MR) is 109 cm³/mol. The third-order valence-corrected chi connectivity index (χ3v) is 5.16. The Balaban J connectivity index is 1.76. The number of hydrogen-bond donors (Lipinski definition) is 2. The fourth-order valence-corrected chi connectivity index (χ4v) is 3.73. The molecule has 24 heavy (non-hydrogen) atoms. The van der Waals surface area contributed by atoms with Gasteiger partial charge in [-0.15, -0.1) is 0 Å². The van der Waals surface area contributed by atoms with Gasteiger partial charge in [-0.05, 0) is 85.2 Å². The number of anilines is 3. The number of rotatable bonds is 3. The zero-order valence-electron chi connectivity index (χ0n) is 13.8. The smallest absolute Gasteiger partial charge is 0.255 e. The number of carbonyl (C=O) groups is 1. The van der Waals surface area contributed by atoms with Crippen LogP contribution in [0.5, 0.6) is 0 Å². The van der Waals surface area contributed by atoms with Crippen LogP contribution in [0, 0.1) is 3.57 Å². The summed E-state index contributed by atoms with van der Waals surface area (Å²) in [6.45, 7) is 3.28. The van der Waals surface area contributed by atoms with E-state index >= 15 is 0 Å². The minimum atomic E-state index is -0.119. The van der Waals surface area contributed by atoms with Crippen LogP contribution in [0.15, 0.2) is 42.5 Å². The van der Waals surface area contributed by atoms with Gasteiger partial charge in [0.2, 0.25) is 0 Å². The molecule has 0 unspecified atom stereocenters. The molecule has 0 bridgehead atoms. The molecule has 1 fully saturated rings. The second-order valence-corrected chi connectivity index (χ2v) is 7.52. The topological polar surface area (TPSA) is 58.4 Å². The molecule has 1 amide bonds. The molecule has 0 radical (unpaired) electrons. The van der Waals surface area contributed by atoms with E-state index in [2.05, 4.69) is 39.7 Å². The van der Waals surface area contributed by atoms with E-state index in [-0.39, 0.29) is 5.91 Å². The molecule has 1 atom stereocenters. The summed E-state index contributed by atoms with van der Waals surface area (Å²) in [4.78, 5) is 14.7. The van der Waals surface area contributed by atoms with Crippen LogP contribution in [-0.2, 0) is 0 Å². The fraction of sp³-hybridized carbons (Fsp3) is 0.316. The number of hydrogen-bond acceptors (Lipinski definition) is 3. The van der Waals surface area contributed by atoms with Crippen LogP contribution < -0.4 is 16.0 Å². The summed E-state index contributed by atoms with van der Waals surface area (Å²) in [6.07, 6.45) is 3.68. The first-order valence-electron chi connectivity index (χ1n) is 8.27. The van der Waals surface area contributed by atoms with Crippen LogP contribution in [0.25, 0.3) is 0 Å². The minimum Gasteiger partial charge on any atom is -0.397 e. The number of nitrogens with two attached hydrogens (primary N) is 1. The summed E-state index contributed by atoms with van der Waals surface area (Å²) in [6, 6.07) is 13.8. The van der Waals surface area contributed by atoms with Crippen LogP contribution in [-0.4, -0.2) is 18.5 Å². The van der Waals surface area contributed by atoms with E-state index in [9.17, 15) is 4.79 Å². The van der Waals surface area contributed by atoms with E-state index in [4.69, 9.17) is 5.73 Å². The Morgan fingerprint density at radius 2 is 2.08 bits per heavy atom. The molecular weight excluding hydrogens is 413 g/mol. The van der Waals surface area contributed by atoms with Gasteiger partial charge in [-0.25, -0.2) is 0 Å². The number of piperidine rings is 1. The van der Waals surface area contributed by atoms with Crippen LogP contribution in [0.4, 0.5) is 17.1 Å². The number of carbonyl (C=O) groups excluding carboxylic acids is 1. The quantitative estimate of drug-likeness (QED) is 0.551. The molecule has 3 rings (SSSR count). The third kappa shape index (κ3) is 3.83. The average Bonchev–Trinajstić information content (AvgIpc) is 2.56. The van der Waals surface area contributed by atoms with E-state index in [0.29, 0.717) is 17.3 Å². The summed E-state index contributed by atoms with van der Waals surface area (Å²) >= 11 is 2.20. The van der Waals surface area contributed by atoms with Gasteiger partial charge in [0, 0.05) is 27.4 Å². The highest BCUT2D eigenvalue weighted by Crippen LogP contribution is 2.31. The Bertz CT molecular complexity index is 747. The normalized spacial score (nSPS) is 17.6. The molecule has 1 saturated heterocycles. The number of halogens is 1. The van der Waals surface area contributed by atoms with E-state index in [1.54, 1.807) is 0 Å². The van der Waals surface area contributed by atoms with Crippen molar-refractivity contribution in [1.29, 1.82) is 0 Å². The molecule has 2 aromatic carbocycles. The van der Waals surface area contributed by atoms with Gasteiger partial charge in [0.25, 0.3) is 5.91 Å². The van der Waals surface area contributed by atoms with Crippen LogP contribution in [0.3, 0.4) is 0 Å². The van der Waals surface area contributed by atoms with Crippen molar-refractivity contribution in [2.75, 3.05) is 22.5 Å². The van der Waals surface area contributed by atoms with Crippen molar-refractivity contribution in [3.63, 3.8) is 0 Å². The van der Waals surface area contributed by atoms with Gasteiger partial charge in [0.15, 0.2) is 0 Å². The Hall–Kier alpha value is -1.76. The maximum Gasteiger partial charge on any atom is 0.255 e. The minimum absolute atomic E-state index is 0.119. The van der Waals surface area contributed by atoms with Gasteiger partial charge >= 0.3 is 0 Å². The lowest BCUT2D eigenvalue weighted by molar-refractivity contribution is 0.102. The lowest BCUT2D eigenvalue weighted by Crippen LogP contribution is -2.37.